The summed E-state index contributed by atoms with van der Waals surface area (Å²) in [7, 11) is 1.66. The van der Waals surface area contributed by atoms with Gasteiger partial charge in [0.25, 0.3) is 0 Å². The Bertz CT molecular complexity index is 980. The molecule has 170 valence electrons. The van der Waals surface area contributed by atoms with Crippen LogP contribution in [0.2, 0.25) is 0 Å². The number of phenolic OH excluding ortho intramolecular Hbond substituents is 1. The number of phenols is 1. The van der Waals surface area contributed by atoms with Gasteiger partial charge in [-0.2, -0.15) is 0 Å². The minimum Gasteiger partial charge on any atom is -0.508 e. The first-order chi connectivity index (χ1) is 15.6. The number of nitrogens with zero attached hydrogens (tertiary/aromatic N) is 1. The van der Waals surface area contributed by atoms with Crippen molar-refractivity contribution in [2.75, 3.05) is 46.6 Å². The number of likely N-dealkylation sites (tertiary alicyclic amines) is 1. The summed E-state index contributed by atoms with van der Waals surface area (Å²) in [5, 5.41) is 9.92. The van der Waals surface area contributed by atoms with Crippen molar-refractivity contribution in [1.82, 2.24) is 4.90 Å². The first kappa shape index (κ1) is 22.4. The molecule has 1 fully saturated rings. The lowest BCUT2D eigenvalue weighted by Crippen LogP contribution is -2.49. The van der Waals surface area contributed by atoms with Crippen molar-refractivity contribution < 1.29 is 23.7 Å². The topological polar surface area (TPSA) is 51.2 Å². The fourth-order valence-corrected chi connectivity index (χ4v) is 4.18. The Labute approximate surface area is 188 Å². The number of fused-ring (bicyclic) bond motifs is 1. The van der Waals surface area contributed by atoms with E-state index in [4.69, 9.17) is 14.2 Å². The maximum absolute atomic E-state index is 12.5. The molecular weight excluding hydrogens is 409 g/mol. The molecule has 0 radical (unpaired) electrons. The van der Waals surface area contributed by atoms with E-state index in [2.05, 4.69) is 4.90 Å². The highest BCUT2D eigenvalue weighted by atomic mass is 19.1. The maximum atomic E-state index is 12.5. The van der Waals surface area contributed by atoms with Crippen molar-refractivity contribution in [3.05, 3.63) is 71.3 Å². The predicted octanol–water partition coefficient (Wildman–Crippen LogP) is 4.78. The van der Waals surface area contributed by atoms with Crippen LogP contribution < -0.4 is 9.47 Å². The van der Waals surface area contributed by atoms with Crippen molar-refractivity contribution in [1.29, 1.82) is 0 Å². The van der Waals surface area contributed by atoms with E-state index in [0.717, 1.165) is 53.4 Å². The number of hydrogen-bond donors (Lipinski definition) is 1. The van der Waals surface area contributed by atoms with Crippen LogP contribution in [0.15, 0.2) is 60.2 Å². The molecule has 1 N–H and O–H groups in total. The third kappa shape index (κ3) is 4.97. The standard InChI is InChI=1S/C26H30FNO4/c1-18-23(4-3-12-30-2)26(32-25-10-7-21(29)14-24(18)25)20-5-8-22(9-6-20)31-13-11-28-16-19(15-27)17-28/h3-10,14,19,26,29H,11-13,15-17H2,1-2H3. The molecule has 1 saturated heterocycles. The second kappa shape index (κ2) is 10.2. The molecule has 0 spiro atoms. The molecule has 0 bridgehead atoms. The first-order valence-electron chi connectivity index (χ1n) is 11.0. The molecule has 0 saturated carbocycles. The fraction of sp³-hybridized carbons (Fsp3) is 0.385. The maximum Gasteiger partial charge on any atom is 0.149 e. The van der Waals surface area contributed by atoms with Gasteiger partial charge in [0.2, 0.25) is 0 Å². The van der Waals surface area contributed by atoms with Crippen LogP contribution in [0.3, 0.4) is 0 Å². The Morgan fingerprint density at radius 2 is 1.97 bits per heavy atom. The number of benzene rings is 2. The van der Waals surface area contributed by atoms with E-state index < -0.39 is 0 Å². The average Bonchev–Trinajstić information content (AvgIpc) is 2.77. The molecule has 0 aromatic heterocycles. The smallest absolute Gasteiger partial charge is 0.149 e. The van der Waals surface area contributed by atoms with Gasteiger partial charge in [0.05, 0.1) is 13.3 Å². The van der Waals surface area contributed by atoms with Gasteiger partial charge >= 0.3 is 0 Å². The second-order valence-corrected chi connectivity index (χ2v) is 8.31. The summed E-state index contributed by atoms with van der Waals surface area (Å²) in [5.74, 6) is 1.96. The molecule has 1 atom stereocenters. The third-order valence-electron chi connectivity index (χ3n) is 6.00. The van der Waals surface area contributed by atoms with Crippen LogP contribution in [0.1, 0.15) is 24.2 Å². The number of halogens is 1. The van der Waals surface area contributed by atoms with E-state index in [1.807, 2.05) is 43.3 Å². The summed E-state index contributed by atoms with van der Waals surface area (Å²) in [6.45, 7) is 5.35. The van der Waals surface area contributed by atoms with E-state index >= 15 is 0 Å². The molecule has 2 heterocycles. The fourth-order valence-electron chi connectivity index (χ4n) is 4.18. The molecule has 4 rings (SSSR count). The Kier molecular flexibility index (Phi) is 7.12. The number of alkyl halides is 1. The molecule has 2 aromatic carbocycles. The highest BCUT2D eigenvalue weighted by Gasteiger charge is 2.27. The van der Waals surface area contributed by atoms with Crippen LogP contribution in [0.4, 0.5) is 4.39 Å². The Balaban J connectivity index is 1.47. The largest absolute Gasteiger partial charge is 0.508 e. The highest BCUT2D eigenvalue weighted by molar-refractivity contribution is 5.77. The van der Waals surface area contributed by atoms with Gasteiger partial charge in [-0.15, -0.1) is 0 Å². The van der Waals surface area contributed by atoms with Crippen molar-refractivity contribution in [2.24, 2.45) is 5.92 Å². The minimum absolute atomic E-state index is 0.197. The minimum atomic E-state index is -0.270. The van der Waals surface area contributed by atoms with E-state index in [0.29, 0.717) is 13.2 Å². The summed E-state index contributed by atoms with van der Waals surface area (Å²) in [6, 6.07) is 13.1. The van der Waals surface area contributed by atoms with Crippen LogP contribution >= 0.6 is 0 Å². The molecule has 2 aliphatic rings. The molecule has 32 heavy (non-hydrogen) atoms. The van der Waals surface area contributed by atoms with Gasteiger partial charge in [-0.05, 0) is 48.4 Å². The average molecular weight is 440 g/mol. The number of methoxy groups -OCH3 is 1. The number of ether oxygens (including phenoxy) is 3. The quantitative estimate of drug-likeness (QED) is 0.609. The zero-order valence-electron chi connectivity index (χ0n) is 18.6. The van der Waals surface area contributed by atoms with Gasteiger partial charge in [0.1, 0.15) is 30.0 Å². The van der Waals surface area contributed by atoms with Crippen LogP contribution in [0, 0.1) is 5.92 Å². The van der Waals surface area contributed by atoms with Gasteiger partial charge in [-0.25, -0.2) is 0 Å². The van der Waals surface area contributed by atoms with Gasteiger partial charge in [0, 0.05) is 43.8 Å². The van der Waals surface area contributed by atoms with Crippen LogP contribution in [0.25, 0.3) is 5.57 Å². The van der Waals surface area contributed by atoms with Gasteiger partial charge in [-0.1, -0.05) is 24.3 Å². The molecule has 0 aliphatic carbocycles. The van der Waals surface area contributed by atoms with Crippen molar-refractivity contribution in [3.8, 4) is 17.2 Å². The second-order valence-electron chi connectivity index (χ2n) is 8.31. The van der Waals surface area contributed by atoms with Gasteiger partial charge in [-0.3, -0.25) is 9.29 Å². The molecule has 0 amide bonds. The molecule has 1 unspecified atom stereocenters. The van der Waals surface area contributed by atoms with E-state index in [1.54, 1.807) is 25.3 Å². The lowest BCUT2D eigenvalue weighted by molar-refractivity contribution is 0.0668. The zero-order valence-corrected chi connectivity index (χ0v) is 18.6. The zero-order chi connectivity index (χ0) is 22.5. The summed E-state index contributed by atoms with van der Waals surface area (Å²) in [5.41, 5.74) is 3.98. The number of aromatic hydroxyl groups is 1. The Morgan fingerprint density at radius 1 is 1.19 bits per heavy atom. The molecule has 5 nitrogen and oxygen atoms in total. The number of allylic oxidation sites excluding steroid dienone is 1. The number of rotatable bonds is 9. The predicted molar refractivity (Wildman–Crippen MR) is 123 cm³/mol. The molecular formula is C26H30FNO4. The van der Waals surface area contributed by atoms with Crippen molar-refractivity contribution in [2.45, 2.75) is 13.0 Å². The summed E-state index contributed by atoms with van der Waals surface area (Å²) in [6.07, 6.45) is 3.72. The van der Waals surface area contributed by atoms with E-state index in [1.165, 1.54) is 0 Å². The lowest BCUT2D eigenvalue weighted by atomic mass is 9.90. The SMILES string of the molecule is COCC=CC1=C(C)c2cc(O)ccc2OC1c1ccc(OCCN2CC(CF)C2)cc1. The van der Waals surface area contributed by atoms with Crippen molar-refractivity contribution in [3.63, 3.8) is 0 Å². The highest BCUT2D eigenvalue weighted by Crippen LogP contribution is 2.43. The Morgan fingerprint density at radius 3 is 2.69 bits per heavy atom. The molecule has 6 heteroatoms. The molecule has 2 aromatic rings. The number of hydrogen-bond acceptors (Lipinski definition) is 5. The normalized spacial score (nSPS) is 19.0. The van der Waals surface area contributed by atoms with Crippen molar-refractivity contribution >= 4 is 5.57 Å². The summed E-state index contributed by atoms with van der Waals surface area (Å²) < 4.78 is 29.9. The van der Waals surface area contributed by atoms with E-state index in [-0.39, 0.29) is 24.4 Å². The monoisotopic (exact) mass is 439 g/mol. The van der Waals surface area contributed by atoms with Crippen LogP contribution in [0.5, 0.6) is 17.2 Å². The first-order valence-corrected chi connectivity index (χ1v) is 11.0. The van der Waals surface area contributed by atoms with Gasteiger partial charge in [0.15, 0.2) is 0 Å². The third-order valence-corrected chi connectivity index (χ3v) is 6.00. The van der Waals surface area contributed by atoms with Crippen LogP contribution in [-0.4, -0.2) is 56.6 Å². The van der Waals surface area contributed by atoms with E-state index in [9.17, 15) is 9.50 Å². The summed E-state index contributed by atoms with van der Waals surface area (Å²) in [4.78, 5) is 2.20. The van der Waals surface area contributed by atoms with Crippen LogP contribution in [-0.2, 0) is 4.74 Å². The lowest BCUT2D eigenvalue weighted by Gasteiger charge is -2.37. The van der Waals surface area contributed by atoms with Gasteiger partial charge < -0.3 is 19.3 Å². The summed E-state index contributed by atoms with van der Waals surface area (Å²) >= 11 is 0. The molecule has 2 aliphatic heterocycles. The Hall–Kier alpha value is -2.83.